The van der Waals surface area contributed by atoms with Crippen LogP contribution in [-0.2, 0) is 22.4 Å². The summed E-state index contributed by atoms with van der Waals surface area (Å²) in [6.45, 7) is 12.5. The molecule has 0 bridgehead atoms. The van der Waals surface area contributed by atoms with Crippen molar-refractivity contribution < 1.29 is 19.1 Å². The summed E-state index contributed by atoms with van der Waals surface area (Å²) in [5, 5.41) is 0. The summed E-state index contributed by atoms with van der Waals surface area (Å²) < 4.78 is 14.7. The maximum Gasteiger partial charge on any atom is 0.310 e. The Kier molecular flexibility index (Phi) is 13.2. The van der Waals surface area contributed by atoms with E-state index < -0.39 is 0 Å². The average Bonchev–Trinajstić information content (AvgIpc) is 3.25. The lowest BCUT2D eigenvalue weighted by Crippen LogP contribution is -2.28. The number of rotatable bonds is 17. The van der Waals surface area contributed by atoms with Crippen molar-refractivity contribution in [1.29, 1.82) is 0 Å². The molecule has 0 fully saturated rings. The third kappa shape index (κ3) is 8.20. The van der Waals surface area contributed by atoms with Crippen molar-refractivity contribution in [1.82, 2.24) is 9.30 Å². The highest BCUT2D eigenvalue weighted by atomic mass is 79.9. The Morgan fingerprint density at radius 3 is 2.15 bits per heavy atom. The van der Waals surface area contributed by atoms with Crippen LogP contribution in [0, 0.1) is 0 Å². The third-order valence-corrected chi connectivity index (χ3v) is 8.21. The molecular weight excluding hydrogens is 636 g/mol. The number of aromatic nitrogens is 1. The van der Waals surface area contributed by atoms with E-state index in [0.29, 0.717) is 36.6 Å². The van der Waals surface area contributed by atoms with Crippen molar-refractivity contribution in [3.05, 3.63) is 67.9 Å². The van der Waals surface area contributed by atoms with E-state index in [1.54, 1.807) is 6.92 Å². The molecule has 0 unspecified atom stereocenters. The Labute approximate surface area is 255 Å². The number of benzene rings is 1. The van der Waals surface area contributed by atoms with Gasteiger partial charge < -0.3 is 18.8 Å². The molecule has 0 amide bonds. The smallest absolute Gasteiger partial charge is 0.310 e. The topological polar surface area (TPSA) is 60.2 Å². The zero-order valence-electron chi connectivity index (χ0n) is 24.2. The van der Waals surface area contributed by atoms with Gasteiger partial charge in [0.05, 0.1) is 34.3 Å². The quantitative estimate of drug-likeness (QED) is 0.0823. The maximum absolute atomic E-state index is 14.0. The number of nitrogens with zero attached hydrogens (tertiary/aromatic N) is 2. The van der Waals surface area contributed by atoms with Crippen LogP contribution in [0.3, 0.4) is 0 Å². The molecule has 0 aliphatic heterocycles. The molecule has 8 heteroatoms. The summed E-state index contributed by atoms with van der Waals surface area (Å²) in [5.74, 6) is 0.297. The number of carbonyl (C=O) groups is 2. The third-order valence-electron chi connectivity index (χ3n) is 7.04. The van der Waals surface area contributed by atoms with Crippen LogP contribution in [0.25, 0.3) is 5.52 Å². The van der Waals surface area contributed by atoms with E-state index in [1.165, 1.54) is 25.7 Å². The standard InChI is InChI=1S/C32H42Br2N2O4/c1-5-9-15-35(16-10-6-2)17-13-19-40-32-26(33)20-23(21-27(32)34)31(38)30-24(7-3)25(22-29(37)39-8-4)28-14-11-12-18-36(28)30/h11-12,14,18,20-21H,5-10,13,15-17,19,22H2,1-4H3. The predicted molar refractivity (Wildman–Crippen MR) is 169 cm³/mol. The first kappa shape index (κ1) is 32.4. The molecule has 0 spiro atoms. The van der Waals surface area contributed by atoms with Gasteiger partial charge >= 0.3 is 5.97 Å². The van der Waals surface area contributed by atoms with E-state index in [0.717, 1.165) is 51.6 Å². The summed E-state index contributed by atoms with van der Waals surface area (Å²) >= 11 is 7.29. The van der Waals surface area contributed by atoms with Gasteiger partial charge in [0.1, 0.15) is 5.75 Å². The van der Waals surface area contributed by atoms with Gasteiger partial charge in [-0.05, 0) is 113 Å². The first-order chi connectivity index (χ1) is 19.4. The van der Waals surface area contributed by atoms with Crippen LogP contribution >= 0.6 is 31.9 Å². The number of ether oxygens (including phenoxy) is 2. The molecule has 0 saturated carbocycles. The van der Waals surface area contributed by atoms with Gasteiger partial charge in [-0.1, -0.05) is 39.7 Å². The molecule has 0 radical (unpaired) electrons. The molecule has 2 heterocycles. The number of hydrogen-bond donors (Lipinski definition) is 0. The second-order valence-electron chi connectivity index (χ2n) is 9.95. The van der Waals surface area contributed by atoms with Gasteiger partial charge in [-0.25, -0.2) is 0 Å². The average molecular weight is 679 g/mol. The van der Waals surface area contributed by atoms with Crippen LogP contribution in [0.4, 0.5) is 0 Å². The lowest BCUT2D eigenvalue weighted by Gasteiger charge is -2.22. The minimum atomic E-state index is -0.293. The first-order valence-electron chi connectivity index (χ1n) is 14.5. The van der Waals surface area contributed by atoms with E-state index in [4.69, 9.17) is 9.47 Å². The molecule has 0 aliphatic rings. The summed E-state index contributed by atoms with van der Waals surface area (Å²) in [6, 6.07) is 9.41. The lowest BCUT2D eigenvalue weighted by molar-refractivity contribution is -0.142. The molecule has 3 aromatic rings. The Hall–Kier alpha value is -2.16. The molecule has 0 saturated heterocycles. The molecule has 0 atom stereocenters. The summed E-state index contributed by atoms with van der Waals surface area (Å²) in [7, 11) is 0. The minimum Gasteiger partial charge on any atom is -0.491 e. The van der Waals surface area contributed by atoms with Gasteiger partial charge in [-0.15, -0.1) is 0 Å². The summed E-state index contributed by atoms with van der Waals surface area (Å²) in [6.07, 6.45) is 8.41. The Bertz CT molecular complexity index is 1260. The van der Waals surface area contributed by atoms with Gasteiger partial charge in [-0.2, -0.15) is 0 Å². The van der Waals surface area contributed by atoms with Crippen LogP contribution in [0.1, 0.15) is 87.0 Å². The zero-order valence-corrected chi connectivity index (χ0v) is 27.4. The molecule has 2 aromatic heterocycles. The molecule has 0 aliphatic carbocycles. The molecule has 6 nitrogen and oxygen atoms in total. The second kappa shape index (κ2) is 16.3. The molecule has 1 aromatic carbocycles. The number of fused-ring (bicyclic) bond motifs is 1. The van der Waals surface area contributed by atoms with Crippen LogP contribution in [0.15, 0.2) is 45.5 Å². The van der Waals surface area contributed by atoms with Crippen LogP contribution in [-0.4, -0.2) is 53.9 Å². The van der Waals surface area contributed by atoms with Gasteiger partial charge in [0, 0.05) is 23.8 Å². The highest BCUT2D eigenvalue weighted by molar-refractivity contribution is 9.11. The fourth-order valence-corrected chi connectivity index (χ4v) is 6.45. The van der Waals surface area contributed by atoms with E-state index >= 15 is 0 Å². The van der Waals surface area contributed by atoms with Crippen LogP contribution < -0.4 is 4.74 Å². The van der Waals surface area contributed by atoms with Crippen molar-refractivity contribution in [3.8, 4) is 5.75 Å². The van der Waals surface area contributed by atoms with Crippen molar-refractivity contribution >= 4 is 49.1 Å². The molecule has 3 rings (SSSR count). The van der Waals surface area contributed by atoms with Crippen LogP contribution in [0.2, 0.25) is 0 Å². The lowest BCUT2D eigenvalue weighted by atomic mass is 9.99. The fourth-order valence-electron chi connectivity index (χ4n) is 5.03. The predicted octanol–water partition coefficient (Wildman–Crippen LogP) is 8.03. The second-order valence-corrected chi connectivity index (χ2v) is 11.7. The number of ketones is 1. The summed E-state index contributed by atoms with van der Waals surface area (Å²) in [4.78, 5) is 28.9. The van der Waals surface area contributed by atoms with Crippen molar-refractivity contribution in [2.75, 3.05) is 32.8 Å². The number of carbonyl (C=O) groups excluding carboxylic acids is 2. The van der Waals surface area contributed by atoms with Crippen molar-refractivity contribution in [2.24, 2.45) is 0 Å². The number of halogens is 2. The zero-order chi connectivity index (χ0) is 29.1. The highest BCUT2D eigenvalue weighted by Crippen LogP contribution is 2.36. The van der Waals surface area contributed by atoms with Gasteiger partial charge in [0.2, 0.25) is 5.78 Å². The number of esters is 1. The minimum absolute atomic E-state index is 0.108. The van der Waals surface area contributed by atoms with E-state index in [9.17, 15) is 9.59 Å². The Morgan fingerprint density at radius 1 is 0.900 bits per heavy atom. The SMILES string of the molecule is CCCCN(CCCC)CCCOc1c(Br)cc(C(=O)c2c(CC)c(CC(=O)OCC)c3ccccn23)cc1Br. The van der Waals surface area contributed by atoms with Crippen molar-refractivity contribution in [2.45, 2.75) is 72.6 Å². The fraction of sp³-hybridized carbons (Fsp3) is 0.500. The monoisotopic (exact) mass is 676 g/mol. The summed E-state index contributed by atoms with van der Waals surface area (Å²) in [5.41, 5.74) is 3.67. The Morgan fingerprint density at radius 2 is 1.55 bits per heavy atom. The maximum atomic E-state index is 14.0. The van der Waals surface area contributed by atoms with E-state index in [1.807, 2.05) is 47.9 Å². The van der Waals surface area contributed by atoms with E-state index in [-0.39, 0.29) is 18.2 Å². The molecule has 40 heavy (non-hydrogen) atoms. The first-order valence-corrected chi connectivity index (χ1v) is 16.1. The van der Waals surface area contributed by atoms with Gasteiger partial charge in [-0.3, -0.25) is 9.59 Å². The molecular formula is C32H42Br2N2O4. The largest absolute Gasteiger partial charge is 0.491 e. The van der Waals surface area contributed by atoms with Crippen molar-refractivity contribution in [3.63, 3.8) is 0 Å². The number of pyridine rings is 1. The molecule has 218 valence electrons. The number of hydrogen-bond acceptors (Lipinski definition) is 5. The van der Waals surface area contributed by atoms with Gasteiger partial charge in [0.25, 0.3) is 0 Å². The number of unbranched alkanes of at least 4 members (excludes halogenated alkanes) is 2. The molecule has 0 N–H and O–H groups in total. The highest BCUT2D eigenvalue weighted by Gasteiger charge is 2.25. The Balaban J connectivity index is 1.80. The normalized spacial score (nSPS) is 11.4. The van der Waals surface area contributed by atoms with E-state index in [2.05, 4.69) is 50.6 Å². The van der Waals surface area contributed by atoms with Crippen LogP contribution in [0.5, 0.6) is 5.75 Å². The van der Waals surface area contributed by atoms with Gasteiger partial charge in [0.15, 0.2) is 0 Å².